The van der Waals surface area contributed by atoms with Gasteiger partial charge in [-0.1, -0.05) is 6.92 Å². The Kier molecular flexibility index (Phi) is 4.92. The lowest BCUT2D eigenvalue weighted by Crippen LogP contribution is -2.19. The van der Waals surface area contributed by atoms with Crippen LogP contribution in [0.25, 0.3) is 0 Å². The van der Waals surface area contributed by atoms with E-state index in [0.29, 0.717) is 5.69 Å². The molecule has 0 aliphatic heterocycles. The maximum atomic E-state index is 13.5. The van der Waals surface area contributed by atoms with Crippen LogP contribution in [-0.2, 0) is 6.54 Å². The van der Waals surface area contributed by atoms with E-state index in [1.807, 2.05) is 6.92 Å². The Morgan fingerprint density at radius 1 is 1.27 bits per heavy atom. The molecule has 2 N–H and O–H groups in total. The van der Waals surface area contributed by atoms with Crippen molar-refractivity contribution in [3.63, 3.8) is 0 Å². The van der Waals surface area contributed by atoms with E-state index in [9.17, 15) is 13.6 Å². The largest absolute Gasteiger partial charge is 0.491 e. The zero-order chi connectivity index (χ0) is 16.1. The number of carbonyl (C=O) groups excluding carboxylic acids is 1. The molecule has 6 nitrogen and oxygen atoms in total. The molecule has 0 unspecified atom stereocenters. The average Bonchev–Trinajstić information content (AvgIpc) is 2.86. The normalized spacial score (nSPS) is 10.4. The van der Waals surface area contributed by atoms with Crippen LogP contribution in [0.1, 0.15) is 13.3 Å². The predicted molar refractivity (Wildman–Crippen MR) is 78.1 cm³/mol. The quantitative estimate of drug-likeness (QED) is 0.891. The Balaban J connectivity index is 2.02. The van der Waals surface area contributed by atoms with E-state index in [1.54, 1.807) is 10.9 Å². The standard InChI is InChI=1S/C14H16F2N4O2/c1-3-4-20-8-10(7-17-20)19-14(21)18-9-5-11(15)13(22-2)12(16)6-9/h5-8H,3-4H2,1-2H3,(H2,18,19,21). The van der Waals surface area contributed by atoms with Crippen molar-refractivity contribution >= 4 is 17.4 Å². The Hall–Kier alpha value is -2.64. The number of amides is 2. The van der Waals surface area contributed by atoms with Crippen molar-refractivity contribution in [2.24, 2.45) is 0 Å². The number of urea groups is 1. The molecule has 0 fully saturated rings. The van der Waals surface area contributed by atoms with Crippen LogP contribution in [0.5, 0.6) is 5.75 Å². The van der Waals surface area contributed by atoms with Crippen molar-refractivity contribution < 1.29 is 18.3 Å². The monoisotopic (exact) mass is 310 g/mol. The fraction of sp³-hybridized carbons (Fsp3) is 0.286. The topological polar surface area (TPSA) is 68.2 Å². The van der Waals surface area contributed by atoms with Gasteiger partial charge in [0.15, 0.2) is 17.4 Å². The first kappa shape index (κ1) is 15.7. The van der Waals surface area contributed by atoms with Gasteiger partial charge in [-0.2, -0.15) is 5.10 Å². The van der Waals surface area contributed by atoms with Crippen molar-refractivity contribution in [2.75, 3.05) is 17.7 Å². The van der Waals surface area contributed by atoms with Gasteiger partial charge >= 0.3 is 6.03 Å². The van der Waals surface area contributed by atoms with Gasteiger partial charge in [0.25, 0.3) is 0 Å². The predicted octanol–water partition coefficient (Wildman–Crippen LogP) is 3.22. The summed E-state index contributed by atoms with van der Waals surface area (Å²) in [5.74, 6) is -2.28. The third kappa shape index (κ3) is 3.72. The fourth-order valence-electron chi connectivity index (χ4n) is 1.90. The molecule has 0 spiro atoms. The number of nitrogens with zero attached hydrogens (tertiary/aromatic N) is 2. The highest BCUT2D eigenvalue weighted by atomic mass is 19.1. The number of aromatic nitrogens is 2. The van der Waals surface area contributed by atoms with Gasteiger partial charge in [0.2, 0.25) is 0 Å². The molecule has 2 rings (SSSR count). The highest BCUT2D eigenvalue weighted by Gasteiger charge is 2.13. The van der Waals surface area contributed by atoms with Crippen LogP contribution < -0.4 is 15.4 Å². The summed E-state index contributed by atoms with van der Waals surface area (Å²) in [6.07, 6.45) is 4.07. The summed E-state index contributed by atoms with van der Waals surface area (Å²) in [5.41, 5.74) is 0.467. The first-order chi connectivity index (χ1) is 10.5. The smallest absolute Gasteiger partial charge is 0.323 e. The highest BCUT2D eigenvalue weighted by Crippen LogP contribution is 2.25. The summed E-state index contributed by atoms with van der Waals surface area (Å²) >= 11 is 0. The Morgan fingerprint density at radius 2 is 1.91 bits per heavy atom. The maximum Gasteiger partial charge on any atom is 0.323 e. The lowest BCUT2D eigenvalue weighted by atomic mass is 10.2. The number of ether oxygens (including phenoxy) is 1. The number of rotatable bonds is 5. The number of hydrogen-bond acceptors (Lipinski definition) is 3. The molecule has 22 heavy (non-hydrogen) atoms. The minimum atomic E-state index is -0.895. The number of benzene rings is 1. The van der Waals surface area contributed by atoms with Crippen LogP contribution in [0.3, 0.4) is 0 Å². The van der Waals surface area contributed by atoms with E-state index in [-0.39, 0.29) is 5.69 Å². The van der Waals surface area contributed by atoms with Gasteiger partial charge in [-0.15, -0.1) is 0 Å². The van der Waals surface area contributed by atoms with Crippen LogP contribution >= 0.6 is 0 Å². The summed E-state index contributed by atoms with van der Waals surface area (Å²) in [6, 6.07) is 1.32. The van der Waals surface area contributed by atoms with E-state index in [0.717, 1.165) is 32.2 Å². The van der Waals surface area contributed by atoms with Gasteiger partial charge in [0, 0.05) is 30.6 Å². The Morgan fingerprint density at radius 3 is 2.50 bits per heavy atom. The summed E-state index contributed by atoms with van der Waals surface area (Å²) in [5, 5.41) is 8.92. The van der Waals surface area contributed by atoms with Gasteiger partial charge in [-0.3, -0.25) is 4.68 Å². The number of anilines is 2. The molecule has 8 heteroatoms. The molecule has 0 aliphatic carbocycles. The van der Waals surface area contributed by atoms with E-state index in [1.165, 1.54) is 6.20 Å². The Bertz CT molecular complexity index is 650. The maximum absolute atomic E-state index is 13.5. The molecule has 0 saturated carbocycles. The third-order valence-electron chi connectivity index (χ3n) is 2.80. The van der Waals surface area contributed by atoms with E-state index < -0.39 is 23.4 Å². The molecule has 1 aromatic heterocycles. The number of hydrogen-bond donors (Lipinski definition) is 2. The second-order valence-electron chi connectivity index (χ2n) is 4.54. The van der Waals surface area contributed by atoms with Crippen LogP contribution in [0, 0.1) is 11.6 Å². The molecule has 0 atom stereocenters. The van der Waals surface area contributed by atoms with E-state index >= 15 is 0 Å². The summed E-state index contributed by atoms with van der Waals surface area (Å²) in [6.45, 7) is 2.74. The first-order valence-electron chi connectivity index (χ1n) is 6.67. The van der Waals surface area contributed by atoms with Gasteiger partial charge in [-0.25, -0.2) is 13.6 Å². The lowest BCUT2D eigenvalue weighted by molar-refractivity contribution is 0.262. The highest BCUT2D eigenvalue weighted by molar-refractivity contribution is 5.99. The molecule has 2 amide bonds. The first-order valence-corrected chi connectivity index (χ1v) is 6.67. The molecular formula is C14H16F2N4O2. The SMILES string of the molecule is CCCn1cc(NC(=O)Nc2cc(F)c(OC)c(F)c2)cn1. The lowest BCUT2D eigenvalue weighted by Gasteiger charge is -2.09. The molecule has 1 heterocycles. The summed E-state index contributed by atoms with van der Waals surface area (Å²) in [4.78, 5) is 11.8. The molecule has 2 aromatic rings. The fourth-order valence-corrected chi connectivity index (χ4v) is 1.90. The van der Waals surface area contributed by atoms with Gasteiger partial charge < -0.3 is 15.4 Å². The minimum Gasteiger partial charge on any atom is -0.491 e. The number of nitrogens with one attached hydrogen (secondary N) is 2. The number of aryl methyl sites for hydroxylation is 1. The number of carbonyl (C=O) groups is 1. The second-order valence-corrected chi connectivity index (χ2v) is 4.54. The van der Waals surface area contributed by atoms with Crippen LogP contribution in [0.15, 0.2) is 24.5 Å². The molecule has 118 valence electrons. The van der Waals surface area contributed by atoms with Crippen LogP contribution in [0.2, 0.25) is 0 Å². The van der Waals surface area contributed by atoms with Gasteiger partial charge in [-0.05, 0) is 6.42 Å². The molecule has 0 bridgehead atoms. The molecule has 0 radical (unpaired) electrons. The second kappa shape index (κ2) is 6.88. The van der Waals surface area contributed by atoms with Crippen molar-refractivity contribution in [3.05, 3.63) is 36.2 Å². The van der Waals surface area contributed by atoms with Crippen LogP contribution in [0.4, 0.5) is 25.0 Å². The number of halogens is 2. The average molecular weight is 310 g/mol. The van der Waals surface area contributed by atoms with Gasteiger partial charge in [0.05, 0.1) is 19.0 Å². The van der Waals surface area contributed by atoms with Crippen LogP contribution in [-0.4, -0.2) is 22.9 Å². The minimum absolute atomic E-state index is 0.0192. The number of methoxy groups -OCH3 is 1. The zero-order valence-corrected chi connectivity index (χ0v) is 12.2. The molecule has 1 aromatic carbocycles. The zero-order valence-electron chi connectivity index (χ0n) is 12.2. The van der Waals surface area contributed by atoms with E-state index in [2.05, 4.69) is 20.5 Å². The summed E-state index contributed by atoms with van der Waals surface area (Å²) in [7, 11) is 1.16. The third-order valence-corrected chi connectivity index (χ3v) is 2.80. The Labute approximate surface area is 126 Å². The molecule has 0 aliphatic rings. The van der Waals surface area contributed by atoms with E-state index in [4.69, 9.17) is 0 Å². The van der Waals surface area contributed by atoms with Crippen molar-refractivity contribution in [1.29, 1.82) is 0 Å². The molecule has 0 saturated heterocycles. The van der Waals surface area contributed by atoms with Crippen molar-refractivity contribution in [1.82, 2.24) is 9.78 Å². The van der Waals surface area contributed by atoms with Crippen molar-refractivity contribution in [3.8, 4) is 5.75 Å². The molecular weight excluding hydrogens is 294 g/mol. The van der Waals surface area contributed by atoms with Gasteiger partial charge in [0.1, 0.15) is 0 Å². The van der Waals surface area contributed by atoms with Crippen molar-refractivity contribution in [2.45, 2.75) is 19.9 Å². The summed E-state index contributed by atoms with van der Waals surface area (Å²) < 4.78 is 33.3.